The second-order valence-corrected chi connectivity index (χ2v) is 13.1. The molecule has 196 valence electrons. The molecule has 36 heavy (non-hydrogen) atoms. The van der Waals surface area contributed by atoms with Crippen molar-refractivity contribution in [3.05, 3.63) is 28.8 Å². The summed E-state index contributed by atoms with van der Waals surface area (Å²) >= 11 is 20.6. The Kier molecular flexibility index (Phi) is 6.40. The van der Waals surface area contributed by atoms with Gasteiger partial charge in [-0.2, -0.15) is 5.11 Å². The summed E-state index contributed by atoms with van der Waals surface area (Å²) in [4.78, 5) is 26.8. The lowest BCUT2D eigenvalue weighted by atomic mass is 9.56. The molecule has 3 aliphatic rings. The molecule has 2 fully saturated rings. The maximum Gasteiger partial charge on any atom is 0.200 e. The van der Waals surface area contributed by atoms with Crippen LogP contribution in [0.5, 0.6) is 11.5 Å². The molecule has 1 aromatic rings. The topological polar surface area (TPSA) is 120 Å². The van der Waals surface area contributed by atoms with Crippen molar-refractivity contribution in [3.8, 4) is 11.5 Å². The fraction of sp³-hybridized carbons (Fsp3) is 0.615. The molecule has 1 saturated carbocycles. The van der Waals surface area contributed by atoms with Crippen LogP contribution < -0.4 is 0 Å². The Morgan fingerprint density at radius 3 is 2.28 bits per heavy atom. The van der Waals surface area contributed by atoms with E-state index in [-0.39, 0.29) is 40.8 Å². The van der Waals surface area contributed by atoms with Gasteiger partial charge in [0.25, 0.3) is 0 Å². The first-order valence-corrected chi connectivity index (χ1v) is 13.1. The fourth-order valence-corrected chi connectivity index (χ4v) is 7.20. The van der Waals surface area contributed by atoms with E-state index in [1.165, 1.54) is 6.92 Å². The first kappa shape index (κ1) is 27.4. The molecule has 1 aromatic carbocycles. The van der Waals surface area contributed by atoms with Crippen molar-refractivity contribution in [1.29, 1.82) is 5.53 Å². The number of ketones is 2. The van der Waals surface area contributed by atoms with Crippen LogP contribution in [0.2, 0.25) is 0 Å². The average Bonchev–Trinajstić information content (AvgIpc) is 2.79. The number of alkyl halides is 3. The van der Waals surface area contributed by atoms with Gasteiger partial charge in [0.15, 0.2) is 17.2 Å². The molecule has 7 nitrogen and oxygen atoms in total. The maximum absolute atomic E-state index is 14.6. The standard InChI is InChI=1S/C26H31Cl3N2O5/c1-11-7-8-14(27)23(3,4)13(11)9-26-22(35)16-17(19(32)12(2)20(33)18(16)31-30)21(34)25(26,29)10-15(28)24(5,6)36-26/h13-15,30,32-33H,1,7-10H2,2-6H3/t13-,14+,15-,25+,26+/m1/s1. The van der Waals surface area contributed by atoms with Gasteiger partial charge in [-0.1, -0.05) is 26.0 Å². The minimum Gasteiger partial charge on any atom is -0.507 e. The second-order valence-electron chi connectivity index (χ2n) is 11.4. The van der Waals surface area contributed by atoms with Gasteiger partial charge < -0.3 is 14.9 Å². The Bertz CT molecular complexity index is 1210. The number of hydrogen-bond donors (Lipinski definition) is 3. The SMILES string of the molecule is C=C1CC[C@H](Cl)C(C)(C)[C@@H]1C[C@@]12OC(C)(C)[C@H](Cl)C[C@]1(Cl)C(=O)c1c(O)c(C)c(O)c(N=N)c1C2=O. The highest BCUT2D eigenvalue weighted by atomic mass is 35.5. The quantitative estimate of drug-likeness (QED) is 0.211. The fourth-order valence-electron chi connectivity index (χ4n) is 6.13. The molecule has 1 aliphatic heterocycles. The monoisotopic (exact) mass is 556 g/mol. The smallest absolute Gasteiger partial charge is 0.200 e. The summed E-state index contributed by atoms with van der Waals surface area (Å²) in [5.41, 5.74) is 3.75. The van der Waals surface area contributed by atoms with E-state index in [1.807, 2.05) is 13.8 Å². The number of phenols is 2. The van der Waals surface area contributed by atoms with E-state index in [0.717, 1.165) is 12.0 Å². The Labute approximate surface area is 225 Å². The number of Topliss-reactive ketones (excluding diaryl/α,β-unsaturated/α-hetero) is 2. The van der Waals surface area contributed by atoms with Gasteiger partial charge >= 0.3 is 0 Å². The van der Waals surface area contributed by atoms with Crippen LogP contribution in [0.3, 0.4) is 0 Å². The van der Waals surface area contributed by atoms with Gasteiger partial charge in [-0.05, 0) is 57.8 Å². The molecule has 1 heterocycles. The summed E-state index contributed by atoms with van der Waals surface area (Å²) in [6.07, 6.45) is 1.23. The summed E-state index contributed by atoms with van der Waals surface area (Å²) in [5, 5.41) is 23.9. The van der Waals surface area contributed by atoms with Crippen LogP contribution >= 0.6 is 34.8 Å². The normalized spacial score (nSPS) is 35.2. The molecule has 0 spiro atoms. The number of phenolic OH excluding ortho intramolecular Hbond substituents is 2. The highest BCUT2D eigenvalue weighted by molar-refractivity contribution is 6.46. The van der Waals surface area contributed by atoms with Crippen molar-refractivity contribution in [1.82, 2.24) is 0 Å². The molecule has 0 aromatic heterocycles. The van der Waals surface area contributed by atoms with Crippen molar-refractivity contribution in [2.24, 2.45) is 16.4 Å². The van der Waals surface area contributed by atoms with E-state index in [1.54, 1.807) is 13.8 Å². The zero-order chi connectivity index (χ0) is 27.2. The van der Waals surface area contributed by atoms with Crippen LogP contribution in [0.15, 0.2) is 17.3 Å². The number of halogens is 3. The molecule has 3 N–H and O–H groups in total. The number of benzene rings is 1. The Hall–Kier alpha value is -1.67. The third-order valence-corrected chi connectivity index (χ3v) is 10.7. The highest BCUT2D eigenvalue weighted by Gasteiger charge is 2.72. The molecular formula is C26H31Cl3N2O5. The van der Waals surface area contributed by atoms with E-state index in [0.29, 0.717) is 6.42 Å². The maximum atomic E-state index is 14.6. The van der Waals surface area contributed by atoms with E-state index < -0.39 is 55.6 Å². The number of aromatic hydroxyl groups is 2. The van der Waals surface area contributed by atoms with Gasteiger partial charge in [-0.15, -0.1) is 34.8 Å². The molecule has 4 rings (SSSR count). The van der Waals surface area contributed by atoms with Crippen LogP contribution in [0, 0.1) is 23.8 Å². The third kappa shape index (κ3) is 3.42. The number of allylic oxidation sites excluding steroid dienone is 1. The number of carbonyl (C=O) groups is 2. The zero-order valence-corrected chi connectivity index (χ0v) is 23.2. The molecule has 5 atom stereocenters. The summed E-state index contributed by atoms with van der Waals surface area (Å²) in [6.45, 7) is 13.0. The summed E-state index contributed by atoms with van der Waals surface area (Å²) in [6, 6.07) is 0. The van der Waals surface area contributed by atoms with Crippen molar-refractivity contribution >= 4 is 52.1 Å². The number of ether oxygens (including phenoxy) is 1. The van der Waals surface area contributed by atoms with E-state index in [4.69, 9.17) is 45.1 Å². The number of fused-ring (bicyclic) bond motifs is 2. The van der Waals surface area contributed by atoms with Crippen molar-refractivity contribution < 1.29 is 24.5 Å². The third-order valence-electron chi connectivity index (χ3n) is 8.65. The van der Waals surface area contributed by atoms with Crippen LogP contribution in [0.1, 0.15) is 79.7 Å². The average molecular weight is 558 g/mol. The summed E-state index contributed by atoms with van der Waals surface area (Å²) in [5.74, 6) is -2.99. The minimum atomic E-state index is -1.96. The summed E-state index contributed by atoms with van der Waals surface area (Å²) < 4.78 is 6.52. The minimum absolute atomic E-state index is 0.0184. The molecule has 0 bridgehead atoms. The number of nitrogens with zero attached hydrogens (tertiary/aromatic N) is 1. The van der Waals surface area contributed by atoms with E-state index >= 15 is 0 Å². The molecule has 0 radical (unpaired) electrons. The molecule has 10 heteroatoms. The van der Waals surface area contributed by atoms with E-state index in [2.05, 4.69) is 11.7 Å². The highest BCUT2D eigenvalue weighted by Crippen LogP contribution is 2.62. The molecule has 2 aliphatic carbocycles. The van der Waals surface area contributed by atoms with Gasteiger partial charge in [-0.25, -0.2) is 5.53 Å². The predicted octanol–water partition coefficient (Wildman–Crippen LogP) is 6.96. The van der Waals surface area contributed by atoms with Crippen LogP contribution in [0.4, 0.5) is 5.69 Å². The van der Waals surface area contributed by atoms with Crippen molar-refractivity contribution in [2.75, 3.05) is 0 Å². The van der Waals surface area contributed by atoms with Gasteiger partial charge in [0.2, 0.25) is 0 Å². The zero-order valence-electron chi connectivity index (χ0n) is 21.0. The number of nitrogens with one attached hydrogen (secondary N) is 1. The number of hydrogen-bond acceptors (Lipinski definition) is 7. The van der Waals surface area contributed by atoms with Crippen LogP contribution in [0.25, 0.3) is 0 Å². The Balaban J connectivity index is 2.06. The second kappa shape index (κ2) is 8.42. The number of rotatable bonds is 3. The van der Waals surface area contributed by atoms with Crippen molar-refractivity contribution in [3.63, 3.8) is 0 Å². The lowest BCUT2D eigenvalue weighted by molar-refractivity contribution is -0.169. The number of carbonyl (C=O) groups excluding carboxylic acids is 2. The molecule has 0 unspecified atom stereocenters. The first-order valence-electron chi connectivity index (χ1n) is 11.9. The van der Waals surface area contributed by atoms with Crippen molar-refractivity contribution in [2.45, 2.75) is 87.1 Å². The predicted molar refractivity (Wildman–Crippen MR) is 139 cm³/mol. The van der Waals surface area contributed by atoms with Crippen LogP contribution in [-0.2, 0) is 4.74 Å². The van der Waals surface area contributed by atoms with Gasteiger partial charge in [0.05, 0.1) is 22.1 Å². The molecule has 1 saturated heterocycles. The Morgan fingerprint density at radius 1 is 1.08 bits per heavy atom. The van der Waals surface area contributed by atoms with Gasteiger partial charge in [0, 0.05) is 10.9 Å². The van der Waals surface area contributed by atoms with E-state index in [9.17, 15) is 19.8 Å². The molecular weight excluding hydrogens is 527 g/mol. The molecule has 0 amide bonds. The van der Waals surface area contributed by atoms with Crippen LogP contribution in [-0.4, -0.2) is 48.6 Å². The largest absolute Gasteiger partial charge is 0.507 e. The first-order chi connectivity index (χ1) is 16.5. The Morgan fingerprint density at radius 2 is 1.69 bits per heavy atom. The lowest BCUT2D eigenvalue weighted by Gasteiger charge is -2.59. The summed E-state index contributed by atoms with van der Waals surface area (Å²) in [7, 11) is 0. The van der Waals surface area contributed by atoms with Gasteiger partial charge in [-0.3, -0.25) is 9.59 Å². The lowest BCUT2D eigenvalue weighted by Crippen LogP contribution is -2.73. The van der Waals surface area contributed by atoms with Gasteiger partial charge in [0.1, 0.15) is 22.1 Å².